The van der Waals surface area contributed by atoms with Crippen LogP contribution in [-0.4, -0.2) is 69.4 Å². The van der Waals surface area contributed by atoms with E-state index in [-0.39, 0.29) is 29.1 Å². The van der Waals surface area contributed by atoms with E-state index in [0.717, 1.165) is 51.4 Å². The average molecular weight is 468 g/mol. The Morgan fingerprint density at radius 3 is 2.39 bits per heavy atom. The number of hydrogen-bond acceptors (Lipinski definition) is 7. The Balaban J connectivity index is 1.28. The van der Waals surface area contributed by atoms with E-state index < -0.39 is 30.7 Å². The van der Waals surface area contributed by atoms with Crippen LogP contribution in [0.1, 0.15) is 78.6 Å². The van der Waals surface area contributed by atoms with Crippen molar-refractivity contribution in [3.63, 3.8) is 0 Å². The van der Waals surface area contributed by atoms with Crippen molar-refractivity contribution in [2.45, 2.75) is 121 Å². The van der Waals surface area contributed by atoms with Crippen LogP contribution < -0.4 is 5.73 Å². The van der Waals surface area contributed by atoms with Crippen LogP contribution in [0.25, 0.3) is 0 Å². The number of ether oxygens (including phenoxy) is 2. The lowest BCUT2D eigenvalue weighted by Crippen LogP contribution is -2.66. The van der Waals surface area contributed by atoms with Crippen molar-refractivity contribution in [3.8, 4) is 0 Å². The maximum absolute atomic E-state index is 10.4. The first-order valence-electron chi connectivity index (χ1n) is 13.3. The summed E-state index contributed by atoms with van der Waals surface area (Å²) in [7, 11) is 0. The van der Waals surface area contributed by atoms with Crippen molar-refractivity contribution < 1.29 is 29.9 Å². The highest BCUT2D eigenvalue weighted by molar-refractivity contribution is 5.19. The summed E-state index contributed by atoms with van der Waals surface area (Å²) in [6, 6.07) is 0. The summed E-state index contributed by atoms with van der Waals surface area (Å²) in [4.78, 5) is 0. The van der Waals surface area contributed by atoms with Gasteiger partial charge in [0.15, 0.2) is 6.29 Å². The molecule has 1 heterocycles. The number of fused-ring (bicyclic) bond motifs is 5. The van der Waals surface area contributed by atoms with Gasteiger partial charge < -0.3 is 35.6 Å². The molecule has 5 aliphatic rings. The van der Waals surface area contributed by atoms with E-state index in [4.69, 9.17) is 15.2 Å². The highest BCUT2D eigenvalue weighted by Gasteiger charge is 2.66. The zero-order valence-corrected chi connectivity index (χ0v) is 20.5. The zero-order valence-electron chi connectivity index (χ0n) is 20.5. The maximum atomic E-state index is 10.4. The molecule has 33 heavy (non-hydrogen) atoms. The number of aliphatic hydroxyl groups is 4. The second-order valence-electron chi connectivity index (χ2n) is 12.6. The van der Waals surface area contributed by atoms with E-state index in [2.05, 4.69) is 13.8 Å². The van der Waals surface area contributed by atoms with Crippen molar-refractivity contribution in [2.24, 2.45) is 40.2 Å². The molecule has 0 aromatic rings. The highest BCUT2D eigenvalue weighted by Crippen LogP contribution is 2.68. The molecule has 0 amide bonds. The fourth-order valence-corrected chi connectivity index (χ4v) is 9.14. The third-order valence-corrected chi connectivity index (χ3v) is 11.5. The van der Waals surface area contributed by atoms with Gasteiger partial charge in [-0.25, -0.2) is 0 Å². The summed E-state index contributed by atoms with van der Waals surface area (Å²) in [5.41, 5.74) is 7.39. The third kappa shape index (κ3) is 3.48. The normalized spacial score (nSPS) is 58.9. The van der Waals surface area contributed by atoms with Crippen LogP contribution in [0.5, 0.6) is 0 Å². The van der Waals surface area contributed by atoms with Crippen molar-refractivity contribution in [1.29, 1.82) is 0 Å². The molecular weight excluding hydrogens is 422 g/mol. The summed E-state index contributed by atoms with van der Waals surface area (Å²) in [5.74, 6) is 2.01. The lowest BCUT2D eigenvalue weighted by Gasteiger charge is -2.64. The minimum Gasteiger partial charge on any atom is -0.396 e. The van der Waals surface area contributed by atoms with Crippen LogP contribution in [0.3, 0.4) is 0 Å². The molecule has 7 nitrogen and oxygen atoms in total. The van der Waals surface area contributed by atoms with Gasteiger partial charge in [0.25, 0.3) is 0 Å². The molecule has 190 valence electrons. The van der Waals surface area contributed by atoms with Gasteiger partial charge in [-0.3, -0.25) is 0 Å². The van der Waals surface area contributed by atoms with Crippen LogP contribution in [0.2, 0.25) is 0 Å². The van der Waals surface area contributed by atoms with Crippen LogP contribution in [-0.2, 0) is 9.47 Å². The smallest absolute Gasteiger partial charge is 0.186 e. The van der Waals surface area contributed by atoms with Gasteiger partial charge in [-0.15, -0.1) is 0 Å². The zero-order chi connectivity index (χ0) is 23.8. The first-order chi connectivity index (χ1) is 15.5. The molecular formula is C26H45NO6. The van der Waals surface area contributed by atoms with E-state index in [1.807, 2.05) is 0 Å². The Kier molecular flexibility index (Phi) is 6.21. The maximum Gasteiger partial charge on any atom is 0.186 e. The van der Waals surface area contributed by atoms with E-state index >= 15 is 0 Å². The summed E-state index contributed by atoms with van der Waals surface area (Å²) < 4.78 is 11.9. The summed E-state index contributed by atoms with van der Waals surface area (Å²) in [6.07, 6.45) is 4.49. The summed E-state index contributed by atoms with van der Waals surface area (Å²) >= 11 is 0. The molecule has 2 unspecified atom stereocenters. The Bertz CT molecular complexity index is 738. The van der Waals surface area contributed by atoms with Crippen LogP contribution in [0.4, 0.5) is 0 Å². The molecule has 6 N–H and O–H groups in total. The first-order valence-corrected chi connectivity index (χ1v) is 13.3. The average Bonchev–Trinajstić information content (AvgIpc) is 3.06. The second kappa shape index (κ2) is 8.39. The molecule has 4 aliphatic carbocycles. The quantitative estimate of drug-likeness (QED) is 0.402. The SMILES string of the molecule is C[C@@H]1O[C@@H](O[C@@H]2CC[C@]3(C)C4CC[C@]5(C)[C@H](CO)CC[C@@]5(N)C4CC[C@H]3C2)[C@H](O)[C@H](O)[C@H]1O. The van der Waals surface area contributed by atoms with Crippen molar-refractivity contribution in [1.82, 2.24) is 0 Å². The Morgan fingerprint density at radius 1 is 0.909 bits per heavy atom. The molecule has 1 aliphatic heterocycles. The molecule has 0 bridgehead atoms. The number of rotatable bonds is 3. The summed E-state index contributed by atoms with van der Waals surface area (Å²) in [6.45, 7) is 6.77. The van der Waals surface area contributed by atoms with Gasteiger partial charge in [0.1, 0.15) is 18.3 Å². The summed E-state index contributed by atoms with van der Waals surface area (Å²) in [5, 5.41) is 40.5. The minimum atomic E-state index is -1.26. The topological polar surface area (TPSA) is 125 Å². The largest absolute Gasteiger partial charge is 0.396 e. The van der Waals surface area contributed by atoms with Gasteiger partial charge in [0, 0.05) is 12.1 Å². The molecule has 5 rings (SSSR count). The molecule has 0 aromatic carbocycles. The fraction of sp³-hybridized carbons (Fsp3) is 1.00. The van der Waals surface area contributed by atoms with Crippen molar-refractivity contribution in [3.05, 3.63) is 0 Å². The molecule has 7 heteroatoms. The fourth-order valence-electron chi connectivity index (χ4n) is 9.14. The van der Waals surface area contributed by atoms with E-state index in [1.165, 1.54) is 6.42 Å². The molecule has 0 aromatic heterocycles. The van der Waals surface area contributed by atoms with E-state index in [0.29, 0.717) is 23.7 Å². The molecule has 5 fully saturated rings. The Morgan fingerprint density at radius 2 is 1.67 bits per heavy atom. The van der Waals surface area contributed by atoms with Crippen LogP contribution in [0.15, 0.2) is 0 Å². The van der Waals surface area contributed by atoms with Crippen LogP contribution >= 0.6 is 0 Å². The van der Waals surface area contributed by atoms with Gasteiger partial charge in [-0.1, -0.05) is 13.8 Å². The van der Waals surface area contributed by atoms with Gasteiger partial charge in [0.2, 0.25) is 0 Å². The molecule has 1 saturated heterocycles. The van der Waals surface area contributed by atoms with Gasteiger partial charge >= 0.3 is 0 Å². The lowest BCUT2D eigenvalue weighted by molar-refractivity contribution is -0.309. The van der Waals surface area contributed by atoms with Gasteiger partial charge in [0.05, 0.1) is 12.2 Å². The van der Waals surface area contributed by atoms with Crippen LogP contribution in [0, 0.1) is 34.5 Å². The molecule has 4 saturated carbocycles. The lowest BCUT2D eigenvalue weighted by atomic mass is 9.42. The van der Waals surface area contributed by atoms with E-state index in [9.17, 15) is 20.4 Å². The number of nitrogens with two attached hydrogens (primary N) is 1. The molecule has 13 atom stereocenters. The predicted octanol–water partition coefficient (Wildman–Crippen LogP) is 1.93. The first kappa shape index (κ1) is 24.4. The minimum absolute atomic E-state index is 0.0140. The third-order valence-electron chi connectivity index (χ3n) is 11.5. The Hall–Kier alpha value is -0.280. The molecule has 0 spiro atoms. The Labute approximate surface area is 198 Å². The van der Waals surface area contributed by atoms with E-state index in [1.54, 1.807) is 6.92 Å². The highest BCUT2D eigenvalue weighted by atomic mass is 16.7. The second-order valence-corrected chi connectivity index (χ2v) is 12.6. The van der Waals surface area contributed by atoms with Crippen molar-refractivity contribution >= 4 is 0 Å². The number of hydrogen-bond donors (Lipinski definition) is 5. The standard InChI is InChI=1S/C26H45NO6/c1-14-20(29)21(30)22(31)23(32-14)33-17-7-9-24(2)15(12-17)4-5-19-18(24)8-10-25(3)16(13-28)6-11-26(19,25)27/h14-23,28-31H,4-13,27H2,1-3H3/t14-,15-,16-,17+,18?,19?,20-,21+,22+,23-,24-,25+,26+/m0/s1. The van der Waals surface area contributed by atoms with Gasteiger partial charge in [-0.2, -0.15) is 0 Å². The van der Waals surface area contributed by atoms with Crippen molar-refractivity contribution in [2.75, 3.05) is 6.61 Å². The molecule has 0 radical (unpaired) electrons. The monoisotopic (exact) mass is 467 g/mol. The predicted molar refractivity (Wildman–Crippen MR) is 123 cm³/mol. The van der Waals surface area contributed by atoms with Gasteiger partial charge in [-0.05, 0) is 99.2 Å². The number of aliphatic hydroxyl groups excluding tert-OH is 4.